The third-order valence-corrected chi connectivity index (χ3v) is 4.00. The van der Waals surface area contributed by atoms with Crippen LogP contribution in [0.25, 0.3) is 0 Å². The van der Waals surface area contributed by atoms with E-state index in [1.54, 1.807) is 34.6 Å². The summed E-state index contributed by atoms with van der Waals surface area (Å²) in [6.07, 6.45) is -0.763. The molecule has 0 aliphatic rings. The van der Waals surface area contributed by atoms with E-state index in [0.29, 0.717) is 5.56 Å². The van der Waals surface area contributed by atoms with Gasteiger partial charge in [0, 0.05) is 6.04 Å². The van der Waals surface area contributed by atoms with Gasteiger partial charge in [-0.15, -0.1) is 0 Å². The minimum absolute atomic E-state index is 0.00788. The van der Waals surface area contributed by atoms with Crippen LogP contribution >= 0.6 is 0 Å². The first-order chi connectivity index (χ1) is 14.4. The molecule has 1 aromatic rings. The van der Waals surface area contributed by atoms with Crippen LogP contribution in [0.1, 0.15) is 46.2 Å². The maximum atomic E-state index is 13.0. The summed E-state index contributed by atoms with van der Waals surface area (Å²) in [7, 11) is 1.19. The van der Waals surface area contributed by atoms with E-state index in [1.807, 2.05) is 0 Å². The fraction of sp³-hybridized carbons (Fsp3) is 0.524. The number of hydrogen-bond donors (Lipinski definition) is 3. The number of nitrogens with zero attached hydrogens (tertiary/aromatic N) is 1. The van der Waals surface area contributed by atoms with E-state index < -0.39 is 48.1 Å². The summed E-state index contributed by atoms with van der Waals surface area (Å²) in [5.41, 5.74) is -0.313. The topological polar surface area (TPSA) is 134 Å². The fourth-order valence-corrected chi connectivity index (χ4v) is 2.71. The highest BCUT2D eigenvalue weighted by Gasteiger charge is 2.33. The van der Waals surface area contributed by atoms with Gasteiger partial charge in [-0.25, -0.2) is 4.79 Å². The Balaban J connectivity index is 3.12. The predicted octanol–water partition coefficient (Wildman–Crippen LogP) is 1.48. The van der Waals surface area contributed by atoms with E-state index >= 15 is 0 Å². The zero-order valence-corrected chi connectivity index (χ0v) is 18.7. The lowest BCUT2D eigenvalue weighted by molar-refractivity contribution is -0.144. The van der Waals surface area contributed by atoms with Crippen molar-refractivity contribution >= 4 is 23.9 Å². The first-order valence-corrected chi connectivity index (χ1v) is 9.77. The van der Waals surface area contributed by atoms with Crippen LogP contribution in [0.4, 0.5) is 4.79 Å². The Morgan fingerprint density at radius 1 is 1.03 bits per heavy atom. The van der Waals surface area contributed by atoms with Gasteiger partial charge in [0.25, 0.3) is 0 Å². The number of aromatic hydroxyl groups is 1. The summed E-state index contributed by atoms with van der Waals surface area (Å²) in [6, 6.07) is 4.23. The SMILES string of the molecule is COC(=O)CNC(=O)C(c1ccc(O)cc1)N(C(=O)CNC(=O)OC(C)(C)C)C(C)C. The second kappa shape index (κ2) is 11.2. The van der Waals surface area contributed by atoms with E-state index in [2.05, 4.69) is 15.4 Å². The number of carbonyl (C=O) groups is 4. The maximum Gasteiger partial charge on any atom is 0.408 e. The molecule has 0 spiro atoms. The number of amides is 3. The number of rotatable bonds is 8. The van der Waals surface area contributed by atoms with Crippen LogP contribution < -0.4 is 10.6 Å². The van der Waals surface area contributed by atoms with Gasteiger partial charge < -0.3 is 30.1 Å². The molecular weight excluding hydrogens is 406 g/mol. The highest BCUT2D eigenvalue weighted by molar-refractivity contribution is 5.92. The molecule has 172 valence electrons. The number of phenols is 1. The normalized spacial score (nSPS) is 12.0. The summed E-state index contributed by atoms with van der Waals surface area (Å²) in [5.74, 6) is -1.80. The number of nitrogens with one attached hydrogen (secondary N) is 2. The van der Waals surface area contributed by atoms with Gasteiger partial charge in [-0.05, 0) is 52.3 Å². The van der Waals surface area contributed by atoms with Crippen LogP contribution in [-0.2, 0) is 23.9 Å². The number of ether oxygens (including phenoxy) is 2. The Morgan fingerprint density at radius 3 is 2.10 bits per heavy atom. The Labute approximate surface area is 181 Å². The van der Waals surface area contributed by atoms with Crippen LogP contribution in [0.15, 0.2) is 24.3 Å². The molecule has 31 heavy (non-hydrogen) atoms. The Hall–Kier alpha value is -3.30. The first-order valence-electron chi connectivity index (χ1n) is 9.77. The molecule has 1 rings (SSSR count). The Kier molecular flexibility index (Phi) is 9.29. The number of carbonyl (C=O) groups excluding carboxylic acids is 4. The van der Waals surface area contributed by atoms with E-state index in [4.69, 9.17) is 4.74 Å². The van der Waals surface area contributed by atoms with Gasteiger partial charge in [0.15, 0.2) is 0 Å². The number of esters is 1. The highest BCUT2D eigenvalue weighted by Crippen LogP contribution is 2.25. The monoisotopic (exact) mass is 437 g/mol. The Bertz CT molecular complexity index is 785. The molecule has 0 fully saturated rings. The van der Waals surface area contributed by atoms with Gasteiger partial charge in [0.2, 0.25) is 11.8 Å². The number of phenolic OH excluding ortho intramolecular Hbond substituents is 1. The lowest BCUT2D eigenvalue weighted by Gasteiger charge is -2.34. The molecule has 0 bridgehead atoms. The third-order valence-electron chi connectivity index (χ3n) is 4.00. The van der Waals surface area contributed by atoms with Crippen molar-refractivity contribution in [1.82, 2.24) is 15.5 Å². The molecule has 10 heteroatoms. The van der Waals surface area contributed by atoms with Crippen molar-refractivity contribution in [3.8, 4) is 5.75 Å². The maximum absolute atomic E-state index is 13.0. The molecular formula is C21H31N3O7. The summed E-state index contributed by atoms with van der Waals surface area (Å²) < 4.78 is 9.67. The van der Waals surface area contributed by atoms with Gasteiger partial charge in [0.1, 0.15) is 30.5 Å². The van der Waals surface area contributed by atoms with Crippen LogP contribution in [0, 0.1) is 0 Å². The molecule has 1 aromatic carbocycles. The molecule has 0 heterocycles. The Morgan fingerprint density at radius 2 is 1.61 bits per heavy atom. The van der Waals surface area contributed by atoms with E-state index in [1.165, 1.54) is 36.3 Å². The summed E-state index contributed by atoms with van der Waals surface area (Å²) in [6.45, 7) is 7.74. The van der Waals surface area contributed by atoms with Crippen molar-refractivity contribution in [2.45, 2.75) is 52.3 Å². The second-order valence-corrected chi connectivity index (χ2v) is 8.04. The van der Waals surface area contributed by atoms with Crippen LogP contribution in [0.5, 0.6) is 5.75 Å². The lowest BCUT2D eigenvalue weighted by atomic mass is 10.0. The van der Waals surface area contributed by atoms with Crippen molar-refractivity contribution in [1.29, 1.82) is 0 Å². The third kappa shape index (κ3) is 8.53. The van der Waals surface area contributed by atoms with Crippen molar-refractivity contribution in [3.63, 3.8) is 0 Å². The van der Waals surface area contributed by atoms with Crippen LogP contribution in [-0.4, -0.2) is 65.7 Å². The zero-order valence-electron chi connectivity index (χ0n) is 18.7. The van der Waals surface area contributed by atoms with Gasteiger partial charge in [-0.1, -0.05) is 12.1 Å². The van der Waals surface area contributed by atoms with E-state index in [0.717, 1.165) is 0 Å². The quantitative estimate of drug-likeness (QED) is 0.525. The average Bonchev–Trinajstić information content (AvgIpc) is 2.67. The van der Waals surface area contributed by atoms with E-state index in [9.17, 15) is 24.3 Å². The molecule has 0 saturated heterocycles. The lowest BCUT2D eigenvalue weighted by Crippen LogP contribution is -2.51. The van der Waals surface area contributed by atoms with Crippen LogP contribution in [0.3, 0.4) is 0 Å². The number of hydrogen-bond acceptors (Lipinski definition) is 7. The van der Waals surface area contributed by atoms with Gasteiger partial charge in [0.05, 0.1) is 7.11 Å². The minimum atomic E-state index is -1.11. The van der Waals surface area contributed by atoms with Gasteiger partial charge >= 0.3 is 12.1 Å². The van der Waals surface area contributed by atoms with E-state index in [-0.39, 0.29) is 12.3 Å². The minimum Gasteiger partial charge on any atom is -0.508 e. The summed E-state index contributed by atoms with van der Waals surface area (Å²) in [5, 5.41) is 14.4. The molecule has 0 aromatic heterocycles. The molecule has 0 radical (unpaired) electrons. The summed E-state index contributed by atoms with van der Waals surface area (Å²) >= 11 is 0. The van der Waals surface area contributed by atoms with Crippen LogP contribution in [0.2, 0.25) is 0 Å². The summed E-state index contributed by atoms with van der Waals surface area (Å²) in [4.78, 5) is 50.5. The molecule has 3 N–H and O–H groups in total. The smallest absolute Gasteiger partial charge is 0.408 e. The number of benzene rings is 1. The molecule has 1 unspecified atom stereocenters. The number of methoxy groups -OCH3 is 1. The molecule has 0 saturated carbocycles. The van der Waals surface area contributed by atoms with Crippen molar-refractivity contribution in [2.75, 3.05) is 20.2 Å². The molecule has 0 aliphatic heterocycles. The molecule has 0 aliphatic carbocycles. The average molecular weight is 437 g/mol. The molecule has 10 nitrogen and oxygen atoms in total. The zero-order chi connectivity index (χ0) is 23.8. The molecule has 3 amide bonds. The van der Waals surface area contributed by atoms with Crippen molar-refractivity contribution < 1.29 is 33.8 Å². The second-order valence-electron chi connectivity index (χ2n) is 8.04. The number of alkyl carbamates (subject to hydrolysis) is 1. The fourth-order valence-electron chi connectivity index (χ4n) is 2.71. The predicted molar refractivity (Wildman–Crippen MR) is 112 cm³/mol. The molecule has 1 atom stereocenters. The first kappa shape index (κ1) is 25.7. The van der Waals surface area contributed by atoms with Crippen molar-refractivity contribution in [3.05, 3.63) is 29.8 Å². The standard InChI is InChI=1S/C21H31N3O7/c1-13(2)24(16(26)11-23-20(29)31-21(3,4)5)18(14-7-9-15(25)10-8-14)19(28)22-12-17(27)30-6/h7-10,13,18,25H,11-12H2,1-6H3,(H,22,28)(H,23,29). The largest absolute Gasteiger partial charge is 0.508 e. The van der Waals surface area contributed by atoms with Gasteiger partial charge in [-0.3, -0.25) is 14.4 Å². The highest BCUT2D eigenvalue weighted by atomic mass is 16.6. The van der Waals surface area contributed by atoms with Gasteiger partial charge in [-0.2, -0.15) is 0 Å². The van der Waals surface area contributed by atoms with Crippen molar-refractivity contribution in [2.24, 2.45) is 0 Å².